The van der Waals surface area contributed by atoms with Crippen LogP contribution in [0, 0.1) is 0 Å². The van der Waals surface area contributed by atoms with E-state index in [1.807, 2.05) is 13.1 Å². The van der Waals surface area contributed by atoms with Gasteiger partial charge in [0, 0.05) is 25.5 Å². The predicted molar refractivity (Wildman–Crippen MR) is 68.2 cm³/mol. The number of nitrogens with zero attached hydrogens (tertiary/aromatic N) is 1. The van der Waals surface area contributed by atoms with Gasteiger partial charge in [-0.3, -0.25) is 0 Å². The Labute approximate surface area is 104 Å². The molecule has 1 rings (SSSR count). The first kappa shape index (κ1) is 14.2. The normalized spacial score (nSPS) is 11.3. The molecule has 0 aliphatic rings. The van der Waals surface area contributed by atoms with Gasteiger partial charge in [-0.25, -0.2) is 4.98 Å². The molecule has 0 aliphatic carbocycles. The third-order valence-electron chi connectivity index (χ3n) is 2.42. The lowest BCUT2D eigenvalue weighted by molar-refractivity contribution is 0.146. The lowest BCUT2D eigenvalue weighted by atomic mass is 10.3. The first-order valence-corrected chi connectivity index (χ1v) is 6.47. The average Bonchev–Trinajstić information content (AvgIpc) is 2.73. The first-order valence-electron chi connectivity index (χ1n) is 6.47. The van der Waals surface area contributed by atoms with Crippen LogP contribution in [0.25, 0.3) is 0 Å². The number of aromatic nitrogens is 1. The minimum absolute atomic E-state index is 0.543. The second kappa shape index (κ2) is 8.25. The van der Waals surface area contributed by atoms with Gasteiger partial charge in [0.15, 0.2) is 5.89 Å². The quantitative estimate of drug-likeness (QED) is 0.672. The minimum atomic E-state index is 0.543. The Kier molecular flexibility index (Phi) is 6.89. The van der Waals surface area contributed by atoms with Gasteiger partial charge in [0.2, 0.25) is 0 Å². The standard InChI is InChI=1S/C13H24N2O2/c1-4-16-9-7-12-10-15-13(17-12)6-5-8-14-11(2)3/h10-11,14H,4-9H2,1-3H3. The molecule has 1 aromatic heterocycles. The van der Waals surface area contributed by atoms with E-state index in [0.29, 0.717) is 12.6 Å². The third kappa shape index (κ3) is 6.44. The largest absolute Gasteiger partial charge is 0.446 e. The highest BCUT2D eigenvalue weighted by atomic mass is 16.5. The van der Waals surface area contributed by atoms with Gasteiger partial charge in [-0.05, 0) is 19.9 Å². The van der Waals surface area contributed by atoms with E-state index in [1.165, 1.54) is 0 Å². The van der Waals surface area contributed by atoms with E-state index in [-0.39, 0.29) is 0 Å². The fourth-order valence-electron chi connectivity index (χ4n) is 1.53. The molecule has 0 saturated heterocycles. The lowest BCUT2D eigenvalue weighted by Gasteiger charge is -2.05. The van der Waals surface area contributed by atoms with Crippen molar-refractivity contribution < 1.29 is 9.15 Å². The Balaban J connectivity index is 2.16. The van der Waals surface area contributed by atoms with Crippen molar-refractivity contribution in [3.63, 3.8) is 0 Å². The van der Waals surface area contributed by atoms with E-state index in [9.17, 15) is 0 Å². The molecule has 1 aromatic rings. The Morgan fingerprint density at radius 2 is 2.24 bits per heavy atom. The number of oxazole rings is 1. The zero-order chi connectivity index (χ0) is 12.5. The Morgan fingerprint density at radius 1 is 1.41 bits per heavy atom. The van der Waals surface area contributed by atoms with Crippen molar-refractivity contribution in [3.8, 4) is 0 Å². The summed E-state index contributed by atoms with van der Waals surface area (Å²) in [5.41, 5.74) is 0. The minimum Gasteiger partial charge on any atom is -0.446 e. The smallest absolute Gasteiger partial charge is 0.194 e. The molecule has 0 radical (unpaired) electrons. The van der Waals surface area contributed by atoms with E-state index >= 15 is 0 Å². The maximum Gasteiger partial charge on any atom is 0.194 e. The van der Waals surface area contributed by atoms with Crippen LogP contribution >= 0.6 is 0 Å². The molecule has 0 aliphatic heterocycles. The van der Waals surface area contributed by atoms with Crippen LogP contribution in [0.2, 0.25) is 0 Å². The van der Waals surface area contributed by atoms with Crippen molar-refractivity contribution in [3.05, 3.63) is 17.8 Å². The molecule has 0 amide bonds. The molecule has 0 fully saturated rings. The third-order valence-corrected chi connectivity index (χ3v) is 2.42. The predicted octanol–water partition coefficient (Wildman–Crippen LogP) is 2.18. The van der Waals surface area contributed by atoms with Crippen LogP contribution in [0.5, 0.6) is 0 Å². The summed E-state index contributed by atoms with van der Waals surface area (Å²) in [5.74, 6) is 1.76. The molecule has 1 heterocycles. The number of ether oxygens (including phenoxy) is 1. The molecule has 17 heavy (non-hydrogen) atoms. The number of nitrogens with one attached hydrogen (secondary N) is 1. The van der Waals surface area contributed by atoms with E-state index in [0.717, 1.165) is 44.1 Å². The molecule has 0 atom stereocenters. The van der Waals surface area contributed by atoms with E-state index in [2.05, 4.69) is 24.1 Å². The maximum atomic E-state index is 5.62. The topological polar surface area (TPSA) is 47.3 Å². The van der Waals surface area contributed by atoms with Gasteiger partial charge >= 0.3 is 0 Å². The summed E-state index contributed by atoms with van der Waals surface area (Å²) >= 11 is 0. The van der Waals surface area contributed by atoms with Crippen LogP contribution in [-0.4, -0.2) is 30.8 Å². The highest BCUT2D eigenvalue weighted by molar-refractivity contribution is 4.94. The monoisotopic (exact) mass is 240 g/mol. The van der Waals surface area contributed by atoms with Crippen molar-refractivity contribution >= 4 is 0 Å². The molecular formula is C13H24N2O2. The summed E-state index contributed by atoms with van der Waals surface area (Å²) in [7, 11) is 0. The van der Waals surface area contributed by atoms with Gasteiger partial charge in [0.05, 0.1) is 12.8 Å². The summed E-state index contributed by atoms with van der Waals surface area (Å²) < 4.78 is 10.9. The van der Waals surface area contributed by atoms with Crippen LogP contribution in [0.3, 0.4) is 0 Å². The van der Waals surface area contributed by atoms with Gasteiger partial charge in [-0.1, -0.05) is 13.8 Å². The van der Waals surface area contributed by atoms with Crippen molar-refractivity contribution in [1.82, 2.24) is 10.3 Å². The molecule has 4 heteroatoms. The Bertz CT molecular complexity index is 297. The molecule has 1 N–H and O–H groups in total. The summed E-state index contributed by atoms with van der Waals surface area (Å²) in [6.07, 6.45) is 4.58. The maximum absolute atomic E-state index is 5.62. The van der Waals surface area contributed by atoms with Crippen LogP contribution in [-0.2, 0) is 17.6 Å². The van der Waals surface area contributed by atoms with E-state index in [1.54, 1.807) is 0 Å². The molecule has 98 valence electrons. The number of hydrogen-bond donors (Lipinski definition) is 1. The number of aryl methyl sites for hydroxylation is 1. The second-order valence-corrected chi connectivity index (χ2v) is 4.38. The van der Waals surface area contributed by atoms with Crippen molar-refractivity contribution in [2.75, 3.05) is 19.8 Å². The summed E-state index contributed by atoms with van der Waals surface area (Å²) in [6.45, 7) is 8.76. The number of rotatable bonds is 9. The van der Waals surface area contributed by atoms with Crippen molar-refractivity contribution in [2.45, 2.75) is 46.1 Å². The second-order valence-electron chi connectivity index (χ2n) is 4.38. The summed E-state index contributed by atoms with van der Waals surface area (Å²) in [4.78, 5) is 4.26. The van der Waals surface area contributed by atoms with Gasteiger partial charge in [-0.15, -0.1) is 0 Å². The Morgan fingerprint density at radius 3 is 2.94 bits per heavy atom. The number of hydrogen-bond acceptors (Lipinski definition) is 4. The summed E-state index contributed by atoms with van der Waals surface area (Å²) in [5, 5.41) is 3.37. The van der Waals surface area contributed by atoms with Crippen molar-refractivity contribution in [2.24, 2.45) is 0 Å². The SMILES string of the molecule is CCOCCc1cnc(CCCNC(C)C)o1. The zero-order valence-electron chi connectivity index (χ0n) is 11.2. The molecule has 0 bridgehead atoms. The highest BCUT2D eigenvalue weighted by Gasteiger charge is 2.03. The molecule has 0 aromatic carbocycles. The van der Waals surface area contributed by atoms with Crippen LogP contribution < -0.4 is 5.32 Å². The molecule has 0 unspecified atom stereocenters. The van der Waals surface area contributed by atoms with E-state index < -0.39 is 0 Å². The summed E-state index contributed by atoms with van der Waals surface area (Å²) in [6, 6.07) is 0.543. The molecule has 4 nitrogen and oxygen atoms in total. The van der Waals surface area contributed by atoms with Gasteiger partial charge in [-0.2, -0.15) is 0 Å². The van der Waals surface area contributed by atoms with E-state index in [4.69, 9.17) is 9.15 Å². The molecular weight excluding hydrogens is 216 g/mol. The first-order chi connectivity index (χ1) is 8.22. The van der Waals surface area contributed by atoms with Gasteiger partial charge in [0.1, 0.15) is 5.76 Å². The van der Waals surface area contributed by atoms with Crippen LogP contribution in [0.1, 0.15) is 38.8 Å². The lowest BCUT2D eigenvalue weighted by Crippen LogP contribution is -2.23. The van der Waals surface area contributed by atoms with Crippen LogP contribution in [0.4, 0.5) is 0 Å². The van der Waals surface area contributed by atoms with Gasteiger partial charge in [0.25, 0.3) is 0 Å². The zero-order valence-corrected chi connectivity index (χ0v) is 11.2. The fourth-order valence-corrected chi connectivity index (χ4v) is 1.53. The Hall–Kier alpha value is -0.870. The molecule has 0 spiro atoms. The average molecular weight is 240 g/mol. The fraction of sp³-hybridized carbons (Fsp3) is 0.769. The molecule has 0 saturated carbocycles. The van der Waals surface area contributed by atoms with Gasteiger partial charge < -0.3 is 14.5 Å². The van der Waals surface area contributed by atoms with Crippen LogP contribution in [0.15, 0.2) is 10.6 Å². The van der Waals surface area contributed by atoms with Crippen molar-refractivity contribution in [1.29, 1.82) is 0 Å². The highest BCUT2D eigenvalue weighted by Crippen LogP contribution is 2.06.